The zero-order valence-corrected chi connectivity index (χ0v) is 78.9. The molecule has 30 heteroatoms. The highest BCUT2D eigenvalue weighted by Gasteiger charge is 2.33. The molecule has 6 aromatic carbocycles. The predicted molar refractivity (Wildman–Crippen MR) is 506 cm³/mol. The number of ether oxygens (including phenoxy) is 3. The van der Waals surface area contributed by atoms with Gasteiger partial charge >= 0.3 is 0 Å². The molecule has 4 fully saturated rings. The van der Waals surface area contributed by atoms with Crippen molar-refractivity contribution < 1.29 is 35.8 Å². The van der Waals surface area contributed by atoms with Crippen molar-refractivity contribution in [2.75, 3.05) is 92.3 Å². The second-order valence-electron chi connectivity index (χ2n) is 34.7. The van der Waals surface area contributed by atoms with Crippen LogP contribution in [0.15, 0.2) is 138 Å². The van der Waals surface area contributed by atoms with E-state index in [4.69, 9.17) is 49.0 Å². The molecule has 0 radical (unpaired) electrons. The minimum atomic E-state index is -3.53. The first-order chi connectivity index (χ1) is 59.0. The van der Waals surface area contributed by atoms with Crippen LogP contribution in [0, 0.1) is 20.8 Å². The van der Waals surface area contributed by atoms with Crippen molar-refractivity contribution in [1.29, 1.82) is 0 Å². The molecule has 2 aliphatic heterocycles. The van der Waals surface area contributed by atoms with E-state index in [2.05, 4.69) is 165 Å². The number of anilines is 12. The Hall–Kier alpha value is -9.16. The lowest BCUT2D eigenvalue weighted by atomic mass is 9.79. The molecule has 5 heterocycles. The topological polar surface area (TPSA) is 296 Å². The summed E-state index contributed by atoms with van der Waals surface area (Å²) >= 11 is 19.4. The van der Waals surface area contributed by atoms with Crippen LogP contribution in [0.5, 0.6) is 17.2 Å². The number of sulfone groups is 2. The summed E-state index contributed by atoms with van der Waals surface area (Å²) in [5.74, 6) is 5.57. The standard InChI is InChI=1S/C34H47ClN6O3S.C31H42ClN5O3S.C29H37ClN6O2/c1-22(2)44-31-20-27(25-11-13-26(14-12-25)41-17-15-40(6)16-18-41)24(5)19-30(31)38-34-36-21-28(35)33(39-34)37-29-9-7-8-10-32(29)45(42,43)23(3)4;1-19(2)40-28-17-24(22-12-14-23(15-13-22)37(6)7)21(5)16-27(28)35-31-33-18-25(32)30(36-31)34-26-10-8-9-11-29(26)41(38,39)20(3)4;1-17(2)33-28(37)21-8-6-7-9-24(21)34-27-23(30)16-32-29(36-27)35-25-15-22(20-10-12-31-13-11-20)19(5)14-26(25)38-18(3)4/h7-10,19-23,25-26H,11-18H2,1-6H3,(H2,36,37,38,39);8-11,16-20,22-23H,12-15H2,1-7H3,(H2,33,34,35,36);6-9,14-18,20,31H,10-13H2,1-5H3,(H,33,37)(H2,32,34,35,36). The number of carbonyl (C=O) groups excluding carboxylic acids is 1. The summed E-state index contributed by atoms with van der Waals surface area (Å²) in [5, 5.41) is 25.6. The van der Waals surface area contributed by atoms with Gasteiger partial charge in [0.2, 0.25) is 17.8 Å². The number of aryl methyl sites for hydroxylation is 3. The van der Waals surface area contributed by atoms with Crippen LogP contribution < -0.4 is 56.7 Å². The quantitative estimate of drug-likeness (QED) is 0.0216. The number of hydrogen-bond donors (Lipinski definition) is 8. The Bertz CT molecular complexity index is 5360. The number of benzene rings is 6. The first-order valence-corrected chi connectivity index (χ1v) is 47.7. The van der Waals surface area contributed by atoms with Gasteiger partial charge in [0, 0.05) is 44.3 Å². The number of hydrogen-bond acceptors (Lipinski definition) is 24. The highest BCUT2D eigenvalue weighted by atomic mass is 35.5. The van der Waals surface area contributed by atoms with Gasteiger partial charge in [-0.3, -0.25) is 9.69 Å². The SMILES string of the molecule is Cc1cc(Nc2ncc(Cl)c(Nc3ccccc3S(=O)(=O)C(C)C)n2)c(OC(C)C)cc1C1CCC(N(C)C)CC1.Cc1cc(Nc2ncc(Cl)c(Nc3ccccc3S(=O)(=O)C(C)C)n2)c(OC(C)C)cc1C1CCC(N2CCN(C)CC2)CC1.Cc1cc(OC(C)C)c(Nc2ncc(Cl)c(Nc3ccccc3C(=O)NC(C)C)n2)cc1C1CCNCC1. The highest BCUT2D eigenvalue weighted by molar-refractivity contribution is 7.92. The molecule has 2 saturated carbocycles. The fraction of sp³-hybridized carbons (Fsp3) is 0.479. The van der Waals surface area contributed by atoms with E-state index in [0.717, 1.165) is 86.2 Å². The van der Waals surface area contributed by atoms with Crippen LogP contribution in [0.25, 0.3) is 0 Å². The van der Waals surface area contributed by atoms with Crippen LogP contribution in [-0.4, -0.2) is 175 Å². The van der Waals surface area contributed by atoms with Crippen LogP contribution >= 0.6 is 34.8 Å². The van der Waals surface area contributed by atoms with Gasteiger partial charge in [0.15, 0.2) is 37.1 Å². The molecule has 0 bridgehead atoms. The zero-order chi connectivity index (χ0) is 89.4. The number of carbonyl (C=O) groups is 1. The van der Waals surface area contributed by atoms with Crippen molar-refractivity contribution in [3.8, 4) is 17.2 Å². The Morgan fingerprint density at radius 1 is 0.452 bits per heavy atom. The summed E-state index contributed by atoms with van der Waals surface area (Å²) in [7, 11) is -0.516. The number of piperidine rings is 1. The Kier molecular flexibility index (Phi) is 33.4. The number of nitrogens with zero attached hydrogens (tertiary/aromatic N) is 9. The molecule has 9 aromatic rings. The van der Waals surface area contributed by atoms with Crippen molar-refractivity contribution in [3.05, 3.63) is 182 Å². The minimum absolute atomic E-state index is 0.0107. The third-order valence-corrected chi connectivity index (χ3v) is 28.2. The maximum absolute atomic E-state index is 13.0. The molecule has 25 nitrogen and oxygen atoms in total. The summed E-state index contributed by atoms with van der Waals surface area (Å²) in [6, 6.07) is 35.0. The molecule has 13 rings (SSSR count). The zero-order valence-electron chi connectivity index (χ0n) is 75.0. The van der Waals surface area contributed by atoms with Crippen LogP contribution in [0.3, 0.4) is 0 Å². The molecule has 2 saturated heterocycles. The Labute approximate surface area is 749 Å². The first kappa shape index (κ1) is 95.5. The Balaban J connectivity index is 0.000000182. The number of halogens is 3. The molecular weight excluding hydrogens is 1670 g/mol. The fourth-order valence-electron chi connectivity index (χ4n) is 16.3. The number of nitrogens with one attached hydrogen (secondary N) is 8. The van der Waals surface area contributed by atoms with E-state index in [0.29, 0.717) is 92.8 Å². The lowest BCUT2D eigenvalue weighted by Crippen LogP contribution is -2.49. The van der Waals surface area contributed by atoms with Crippen LogP contribution in [-0.2, 0) is 19.7 Å². The molecule has 1 amide bonds. The number of amides is 1. The summed E-state index contributed by atoms with van der Waals surface area (Å²) in [5.41, 5.74) is 11.8. The fourth-order valence-corrected chi connectivity index (χ4v) is 19.1. The minimum Gasteiger partial charge on any atom is -0.489 e. The second kappa shape index (κ2) is 43.4. The van der Waals surface area contributed by atoms with E-state index in [1.165, 1.54) is 97.4 Å². The monoisotopic (exact) mass is 1790 g/mol. The average Bonchev–Trinajstić information content (AvgIpc) is 0.801. The molecule has 668 valence electrons. The molecule has 2 aliphatic carbocycles. The number of likely N-dealkylation sites (N-methyl/N-ethyl adjacent to an activating group) is 1. The van der Waals surface area contributed by atoms with E-state index in [-0.39, 0.29) is 50.1 Å². The van der Waals surface area contributed by atoms with Gasteiger partial charge in [-0.05, 0) is 326 Å². The number of rotatable bonds is 29. The van der Waals surface area contributed by atoms with Crippen molar-refractivity contribution in [2.24, 2.45) is 0 Å². The van der Waals surface area contributed by atoms with Crippen LogP contribution in [0.1, 0.15) is 209 Å². The van der Waals surface area contributed by atoms with E-state index in [1.807, 2.05) is 73.6 Å². The van der Waals surface area contributed by atoms with E-state index in [1.54, 1.807) is 88.5 Å². The maximum atomic E-state index is 13.0. The van der Waals surface area contributed by atoms with Gasteiger partial charge in [0.05, 0.1) is 96.9 Å². The summed E-state index contributed by atoms with van der Waals surface area (Å²) in [6.07, 6.45) is 16.2. The van der Waals surface area contributed by atoms with E-state index < -0.39 is 30.2 Å². The normalized spacial score (nSPS) is 17.4. The van der Waals surface area contributed by atoms with Crippen molar-refractivity contribution in [2.45, 2.75) is 243 Å². The third-order valence-electron chi connectivity index (χ3n) is 23.0. The lowest BCUT2D eigenvalue weighted by molar-refractivity contribution is 0.0878. The number of piperazine rings is 1. The number of para-hydroxylation sites is 3. The number of aromatic nitrogens is 6. The first-order valence-electron chi connectivity index (χ1n) is 43.5. The Morgan fingerprint density at radius 2 is 0.815 bits per heavy atom. The van der Waals surface area contributed by atoms with Crippen LogP contribution in [0.4, 0.5) is 69.4 Å². The molecule has 4 aliphatic rings. The largest absolute Gasteiger partial charge is 0.489 e. The van der Waals surface area contributed by atoms with Crippen LogP contribution in [0.2, 0.25) is 15.1 Å². The molecule has 0 atom stereocenters. The summed E-state index contributed by atoms with van der Waals surface area (Å²) < 4.78 is 70.6. The van der Waals surface area contributed by atoms with Crippen molar-refractivity contribution in [3.63, 3.8) is 0 Å². The van der Waals surface area contributed by atoms with Gasteiger partial charge in [0.25, 0.3) is 5.91 Å². The van der Waals surface area contributed by atoms with Gasteiger partial charge in [-0.15, -0.1) is 0 Å². The molecule has 3 aromatic heterocycles. The molecule has 124 heavy (non-hydrogen) atoms. The molecule has 0 spiro atoms. The van der Waals surface area contributed by atoms with E-state index in [9.17, 15) is 21.6 Å². The van der Waals surface area contributed by atoms with Crippen molar-refractivity contribution in [1.82, 2.24) is 55.2 Å². The van der Waals surface area contributed by atoms with Gasteiger partial charge in [-0.1, -0.05) is 71.2 Å². The second-order valence-corrected chi connectivity index (χ2v) is 40.9. The van der Waals surface area contributed by atoms with Gasteiger partial charge in [-0.2, -0.15) is 15.0 Å². The summed E-state index contributed by atoms with van der Waals surface area (Å²) in [6.45, 7) is 35.7. The lowest BCUT2D eigenvalue weighted by Gasteiger charge is -2.41. The summed E-state index contributed by atoms with van der Waals surface area (Å²) in [4.78, 5) is 47.7. The predicted octanol–water partition coefficient (Wildman–Crippen LogP) is 21.0. The van der Waals surface area contributed by atoms with E-state index >= 15 is 0 Å². The molecule has 8 N–H and O–H groups in total. The maximum Gasteiger partial charge on any atom is 0.253 e. The average molecular weight is 1790 g/mol. The third kappa shape index (κ3) is 25.2. The Morgan fingerprint density at radius 3 is 1.23 bits per heavy atom. The van der Waals surface area contributed by atoms with Gasteiger partial charge in [-0.25, -0.2) is 31.8 Å². The van der Waals surface area contributed by atoms with Gasteiger partial charge in [0.1, 0.15) is 32.3 Å². The smallest absolute Gasteiger partial charge is 0.253 e. The molecule has 0 unspecified atom stereocenters. The van der Waals surface area contributed by atoms with Crippen molar-refractivity contribution >= 4 is 130 Å². The molecular formula is C94H126Cl3N17O8S2. The van der Waals surface area contributed by atoms with Gasteiger partial charge < -0.3 is 66.5 Å². The highest BCUT2D eigenvalue weighted by Crippen LogP contribution is 2.45.